The molecule has 0 amide bonds. The minimum Gasteiger partial charge on any atom is -0.434 e. The highest BCUT2D eigenvalue weighted by Gasteiger charge is 2.13. The van der Waals surface area contributed by atoms with Crippen molar-refractivity contribution in [3.05, 3.63) is 47.2 Å². The third-order valence-electron chi connectivity index (χ3n) is 2.61. The average molecular weight is 263 g/mol. The van der Waals surface area contributed by atoms with Crippen LogP contribution in [-0.2, 0) is 0 Å². The van der Waals surface area contributed by atoms with Gasteiger partial charge in [0.2, 0.25) is 5.89 Å². The maximum atomic E-state index is 13.2. The van der Waals surface area contributed by atoms with Crippen LogP contribution in [0.4, 0.5) is 10.1 Å². The summed E-state index contributed by atoms with van der Waals surface area (Å²) >= 11 is 5.99. The van der Waals surface area contributed by atoms with Gasteiger partial charge in [-0.3, -0.25) is 0 Å². The van der Waals surface area contributed by atoms with Gasteiger partial charge in [0, 0.05) is 5.69 Å². The summed E-state index contributed by atoms with van der Waals surface area (Å²) in [6.07, 6.45) is 0. The van der Waals surface area contributed by atoms with Crippen molar-refractivity contribution in [3.63, 3.8) is 0 Å². The number of fused-ring (bicyclic) bond motifs is 1. The Morgan fingerprint density at radius 1 is 1.22 bits per heavy atom. The molecule has 0 aliphatic rings. The lowest BCUT2D eigenvalue weighted by molar-refractivity contribution is 0.611. The number of anilines is 1. The predicted octanol–water partition coefficient (Wildman–Crippen LogP) is 3.87. The van der Waals surface area contributed by atoms with Crippen LogP contribution in [0.5, 0.6) is 0 Å². The van der Waals surface area contributed by atoms with Crippen molar-refractivity contribution in [2.24, 2.45) is 0 Å². The molecule has 3 rings (SSSR count). The van der Waals surface area contributed by atoms with Crippen molar-refractivity contribution in [1.82, 2.24) is 4.98 Å². The number of nitrogens with zero attached hydrogens (tertiary/aromatic N) is 1. The van der Waals surface area contributed by atoms with Crippen molar-refractivity contribution < 1.29 is 8.81 Å². The van der Waals surface area contributed by atoms with Gasteiger partial charge in [-0.25, -0.2) is 9.37 Å². The Labute approximate surface area is 107 Å². The van der Waals surface area contributed by atoms with Gasteiger partial charge in [-0.1, -0.05) is 17.7 Å². The zero-order valence-electron chi connectivity index (χ0n) is 9.15. The van der Waals surface area contributed by atoms with Crippen LogP contribution in [0, 0.1) is 5.82 Å². The first kappa shape index (κ1) is 11.0. The number of para-hydroxylation sites is 1. The van der Waals surface area contributed by atoms with E-state index < -0.39 is 5.82 Å². The lowest BCUT2D eigenvalue weighted by Gasteiger charge is -2.00. The maximum Gasteiger partial charge on any atom is 0.229 e. The topological polar surface area (TPSA) is 52.0 Å². The fourth-order valence-corrected chi connectivity index (χ4v) is 1.95. The van der Waals surface area contributed by atoms with E-state index in [4.69, 9.17) is 21.8 Å². The third kappa shape index (κ3) is 1.71. The normalized spacial score (nSPS) is 11.0. The van der Waals surface area contributed by atoms with Crippen LogP contribution >= 0.6 is 11.6 Å². The summed E-state index contributed by atoms with van der Waals surface area (Å²) in [5, 5.41) is 0.459. The number of nitrogen functional groups attached to an aromatic ring is 1. The molecule has 90 valence electrons. The van der Waals surface area contributed by atoms with Crippen LogP contribution in [0.15, 0.2) is 40.8 Å². The van der Waals surface area contributed by atoms with Crippen LogP contribution in [0.25, 0.3) is 22.6 Å². The smallest absolute Gasteiger partial charge is 0.229 e. The minimum atomic E-state index is -0.396. The van der Waals surface area contributed by atoms with E-state index in [1.165, 1.54) is 18.2 Å². The zero-order valence-corrected chi connectivity index (χ0v) is 9.91. The fraction of sp³-hybridized carbons (Fsp3) is 0. The molecule has 0 aliphatic heterocycles. The maximum absolute atomic E-state index is 13.2. The second-order valence-electron chi connectivity index (χ2n) is 3.84. The van der Waals surface area contributed by atoms with Gasteiger partial charge in [-0.2, -0.15) is 0 Å². The highest BCUT2D eigenvalue weighted by atomic mass is 35.5. The quantitative estimate of drug-likeness (QED) is 0.677. The lowest BCUT2D eigenvalue weighted by Crippen LogP contribution is -1.90. The van der Waals surface area contributed by atoms with E-state index in [2.05, 4.69) is 4.98 Å². The minimum absolute atomic E-state index is 0.259. The molecule has 2 aromatic carbocycles. The van der Waals surface area contributed by atoms with Crippen LogP contribution in [0.1, 0.15) is 0 Å². The van der Waals surface area contributed by atoms with E-state index in [0.29, 0.717) is 27.4 Å². The molecular formula is C13H8ClFN2O. The summed E-state index contributed by atoms with van der Waals surface area (Å²) in [4.78, 5) is 4.25. The Hall–Kier alpha value is -2.07. The molecule has 5 heteroatoms. The van der Waals surface area contributed by atoms with Gasteiger partial charge in [0.05, 0.1) is 10.6 Å². The number of halogens is 2. The van der Waals surface area contributed by atoms with E-state index in [1.54, 1.807) is 18.2 Å². The number of hydrogen-bond donors (Lipinski definition) is 1. The van der Waals surface area contributed by atoms with Crippen molar-refractivity contribution in [2.75, 3.05) is 5.73 Å². The van der Waals surface area contributed by atoms with E-state index in [0.717, 1.165) is 0 Å². The second kappa shape index (κ2) is 3.99. The third-order valence-corrected chi connectivity index (χ3v) is 2.91. The molecule has 0 unspecified atom stereocenters. The Bertz CT molecular complexity index is 739. The summed E-state index contributed by atoms with van der Waals surface area (Å²) in [6.45, 7) is 0. The number of benzene rings is 2. The number of hydrogen-bond acceptors (Lipinski definition) is 3. The molecule has 0 saturated heterocycles. The summed E-state index contributed by atoms with van der Waals surface area (Å²) in [6, 6.07) is 9.28. The molecule has 0 saturated carbocycles. The molecule has 2 N–H and O–H groups in total. The van der Waals surface area contributed by atoms with Crippen LogP contribution < -0.4 is 5.73 Å². The number of nitrogens with two attached hydrogens (primary N) is 1. The molecule has 0 radical (unpaired) electrons. The van der Waals surface area contributed by atoms with Gasteiger partial charge in [0.1, 0.15) is 11.3 Å². The molecular weight excluding hydrogens is 255 g/mol. The second-order valence-corrected chi connectivity index (χ2v) is 4.25. The summed E-state index contributed by atoms with van der Waals surface area (Å²) in [5.74, 6) is -0.136. The standard InChI is InChI=1S/C13H8ClFN2O/c14-9-2-1-3-11-12(9)18-13(17-11)8-6-7(15)4-5-10(8)16/h1-6H,16H2. The van der Waals surface area contributed by atoms with Gasteiger partial charge in [0.25, 0.3) is 0 Å². The number of aromatic nitrogens is 1. The fourth-order valence-electron chi connectivity index (χ4n) is 1.74. The first-order valence-corrected chi connectivity index (χ1v) is 5.63. The Morgan fingerprint density at radius 2 is 2.06 bits per heavy atom. The van der Waals surface area contributed by atoms with E-state index >= 15 is 0 Å². The molecule has 3 aromatic rings. The first-order chi connectivity index (χ1) is 8.65. The van der Waals surface area contributed by atoms with Gasteiger partial charge < -0.3 is 10.2 Å². The summed E-state index contributed by atoms with van der Waals surface area (Å²) in [7, 11) is 0. The van der Waals surface area contributed by atoms with Crippen LogP contribution in [-0.4, -0.2) is 4.98 Å². The molecule has 18 heavy (non-hydrogen) atoms. The summed E-state index contributed by atoms with van der Waals surface area (Å²) < 4.78 is 18.7. The van der Waals surface area contributed by atoms with Gasteiger partial charge >= 0.3 is 0 Å². The molecule has 3 nitrogen and oxygen atoms in total. The summed E-state index contributed by atoms with van der Waals surface area (Å²) in [5.41, 5.74) is 7.68. The van der Waals surface area contributed by atoms with Crippen molar-refractivity contribution >= 4 is 28.4 Å². The Morgan fingerprint density at radius 3 is 2.83 bits per heavy atom. The Kier molecular flexibility index (Phi) is 2.45. The molecule has 0 bridgehead atoms. The molecule has 1 heterocycles. The van der Waals surface area contributed by atoms with Gasteiger partial charge in [-0.05, 0) is 30.3 Å². The van der Waals surface area contributed by atoms with E-state index in [1.807, 2.05) is 0 Å². The van der Waals surface area contributed by atoms with E-state index in [9.17, 15) is 4.39 Å². The molecule has 0 fully saturated rings. The van der Waals surface area contributed by atoms with Crippen molar-refractivity contribution in [1.29, 1.82) is 0 Å². The average Bonchev–Trinajstić information content (AvgIpc) is 2.77. The molecule has 0 atom stereocenters. The largest absolute Gasteiger partial charge is 0.434 e. The lowest BCUT2D eigenvalue weighted by atomic mass is 10.2. The van der Waals surface area contributed by atoms with Crippen LogP contribution in [0.2, 0.25) is 5.02 Å². The van der Waals surface area contributed by atoms with Gasteiger partial charge in [0.15, 0.2) is 5.58 Å². The first-order valence-electron chi connectivity index (χ1n) is 5.25. The molecule has 0 spiro atoms. The van der Waals surface area contributed by atoms with Gasteiger partial charge in [-0.15, -0.1) is 0 Å². The highest BCUT2D eigenvalue weighted by molar-refractivity contribution is 6.34. The van der Waals surface area contributed by atoms with Crippen molar-refractivity contribution in [3.8, 4) is 11.5 Å². The predicted molar refractivity (Wildman–Crippen MR) is 68.8 cm³/mol. The van der Waals surface area contributed by atoms with E-state index in [-0.39, 0.29) is 5.89 Å². The monoisotopic (exact) mass is 262 g/mol. The highest BCUT2D eigenvalue weighted by Crippen LogP contribution is 2.31. The number of oxazole rings is 1. The molecule has 1 aromatic heterocycles. The van der Waals surface area contributed by atoms with Crippen LogP contribution in [0.3, 0.4) is 0 Å². The number of rotatable bonds is 1. The zero-order chi connectivity index (χ0) is 12.7. The van der Waals surface area contributed by atoms with Crippen molar-refractivity contribution in [2.45, 2.75) is 0 Å². The SMILES string of the molecule is Nc1ccc(F)cc1-c1nc2cccc(Cl)c2o1. The molecule has 0 aliphatic carbocycles. The Balaban J connectivity index is 2.26.